The van der Waals surface area contributed by atoms with Gasteiger partial charge in [0.05, 0.1) is 5.92 Å². The Labute approximate surface area is 165 Å². The maximum absolute atomic E-state index is 11.1. The van der Waals surface area contributed by atoms with Crippen LogP contribution in [-0.4, -0.2) is 15.9 Å². The summed E-state index contributed by atoms with van der Waals surface area (Å²) in [7, 11) is 0. The van der Waals surface area contributed by atoms with Crippen molar-refractivity contribution < 1.29 is 9.90 Å². The standard InChI is InChI=1S/C23H34O2S/c1-3-4-5-6-7-8-9-10-11-12-13-14-15-16-17-18-19-22(23(24)25)20-21(2)26/h4-5,7-8,10-11,13-14,17-18,22H,3,6,9,12,15-16,19-20H2,1-2H3,(H,24,25). The lowest BCUT2D eigenvalue weighted by Gasteiger charge is -2.07. The van der Waals surface area contributed by atoms with Gasteiger partial charge in [-0.1, -0.05) is 79.9 Å². The molecule has 0 bridgehead atoms. The third kappa shape index (κ3) is 17.1. The molecule has 0 radical (unpaired) electrons. The van der Waals surface area contributed by atoms with Gasteiger partial charge in [-0.05, 0) is 63.2 Å². The average Bonchev–Trinajstić information content (AvgIpc) is 2.59. The molecule has 0 aromatic carbocycles. The number of thiocarbonyl (C=S) groups is 1. The smallest absolute Gasteiger partial charge is 0.307 e. The molecule has 0 aliphatic rings. The number of allylic oxidation sites excluding steroid dienone is 10. The molecular formula is C23H34O2S. The molecule has 0 amide bonds. The van der Waals surface area contributed by atoms with Gasteiger partial charge in [-0.15, -0.1) is 0 Å². The Morgan fingerprint density at radius 2 is 1.31 bits per heavy atom. The molecule has 0 aromatic rings. The molecule has 1 atom stereocenters. The predicted molar refractivity (Wildman–Crippen MR) is 118 cm³/mol. The average molecular weight is 375 g/mol. The highest BCUT2D eigenvalue weighted by molar-refractivity contribution is 7.80. The van der Waals surface area contributed by atoms with Crippen LogP contribution in [0.1, 0.15) is 65.2 Å². The van der Waals surface area contributed by atoms with Gasteiger partial charge in [0, 0.05) is 0 Å². The van der Waals surface area contributed by atoms with Crippen molar-refractivity contribution in [3.8, 4) is 0 Å². The van der Waals surface area contributed by atoms with E-state index >= 15 is 0 Å². The van der Waals surface area contributed by atoms with Crippen LogP contribution >= 0.6 is 12.2 Å². The summed E-state index contributed by atoms with van der Waals surface area (Å²) in [5.74, 6) is -1.15. The molecule has 0 spiro atoms. The summed E-state index contributed by atoms with van der Waals surface area (Å²) in [4.78, 5) is 11.9. The van der Waals surface area contributed by atoms with Crippen molar-refractivity contribution >= 4 is 23.1 Å². The van der Waals surface area contributed by atoms with Crippen molar-refractivity contribution in [2.24, 2.45) is 5.92 Å². The molecule has 0 saturated carbocycles. The minimum absolute atomic E-state index is 0.388. The minimum atomic E-state index is -0.766. The summed E-state index contributed by atoms with van der Waals surface area (Å²) in [5, 5.41) is 9.13. The van der Waals surface area contributed by atoms with Crippen LogP contribution in [0.4, 0.5) is 0 Å². The summed E-state index contributed by atoms with van der Waals surface area (Å²) in [6, 6.07) is 0. The molecule has 0 aliphatic heterocycles. The zero-order valence-corrected chi connectivity index (χ0v) is 17.1. The van der Waals surface area contributed by atoms with Crippen LogP contribution in [0.3, 0.4) is 0 Å². The summed E-state index contributed by atoms with van der Waals surface area (Å²) in [5.41, 5.74) is 0. The number of rotatable bonds is 15. The van der Waals surface area contributed by atoms with Crippen LogP contribution in [0.25, 0.3) is 0 Å². The van der Waals surface area contributed by atoms with Gasteiger partial charge >= 0.3 is 5.97 Å². The Kier molecular flexibility index (Phi) is 16.9. The van der Waals surface area contributed by atoms with Gasteiger partial charge in [0.25, 0.3) is 0 Å². The van der Waals surface area contributed by atoms with Crippen LogP contribution in [0, 0.1) is 5.92 Å². The zero-order chi connectivity index (χ0) is 19.5. The molecule has 0 fully saturated rings. The van der Waals surface area contributed by atoms with E-state index in [9.17, 15) is 4.79 Å². The largest absolute Gasteiger partial charge is 0.481 e. The topological polar surface area (TPSA) is 37.3 Å². The molecule has 1 N–H and O–H groups in total. The Bertz CT molecular complexity index is 524. The predicted octanol–water partition coefficient (Wildman–Crippen LogP) is 7.00. The van der Waals surface area contributed by atoms with Crippen LogP contribution in [0.2, 0.25) is 0 Å². The van der Waals surface area contributed by atoms with Crippen molar-refractivity contribution in [2.75, 3.05) is 0 Å². The quantitative estimate of drug-likeness (QED) is 0.190. The van der Waals surface area contributed by atoms with E-state index < -0.39 is 5.97 Å². The van der Waals surface area contributed by atoms with Crippen LogP contribution in [-0.2, 0) is 4.79 Å². The number of carboxylic acids is 1. The number of carbonyl (C=O) groups is 1. The number of unbranched alkanes of at least 4 members (excludes halogenated alkanes) is 1. The van der Waals surface area contributed by atoms with E-state index in [1.165, 1.54) is 0 Å². The number of hydrogen-bond donors (Lipinski definition) is 1. The Balaban J connectivity index is 3.74. The molecule has 0 rings (SSSR count). The third-order valence-corrected chi connectivity index (χ3v) is 3.86. The van der Waals surface area contributed by atoms with E-state index in [0.717, 1.165) is 43.4 Å². The van der Waals surface area contributed by atoms with E-state index in [-0.39, 0.29) is 5.92 Å². The monoisotopic (exact) mass is 374 g/mol. The van der Waals surface area contributed by atoms with Gasteiger partial charge in [0.15, 0.2) is 0 Å². The number of hydrogen-bond acceptors (Lipinski definition) is 2. The third-order valence-electron chi connectivity index (χ3n) is 3.69. The molecular weight excluding hydrogens is 340 g/mol. The highest BCUT2D eigenvalue weighted by atomic mass is 32.1. The zero-order valence-electron chi connectivity index (χ0n) is 16.3. The fourth-order valence-electron chi connectivity index (χ4n) is 2.29. The summed E-state index contributed by atoms with van der Waals surface area (Å²) in [6.07, 6.45) is 28.6. The molecule has 2 nitrogen and oxygen atoms in total. The number of aliphatic carboxylic acids is 1. The molecule has 26 heavy (non-hydrogen) atoms. The van der Waals surface area contributed by atoms with Crippen LogP contribution < -0.4 is 0 Å². The fraction of sp³-hybridized carbons (Fsp3) is 0.478. The molecule has 1 unspecified atom stereocenters. The van der Waals surface area contributed by atoms with Gasteiger partial charge in [-0.25, -0.2) is 0 Å². The molecule has 0 aromatic heterocycles. The molecule has 0 saturated heterocycles. The van der Waals surface area contributed by atoms with Crippen molar-refractivity contribution in [3.05, 3.63) is 60.8 Å². The molecule has 144 valence electrons. The van der Waals surface area contributed by atoms with Gasteiger partial charge in [0.1, 0.15) is 0 Å². The Hall–Kier alpha value is -1.74. The summed E-state index contributed by atoms with van der Waals surface area (Å²) < 4.78 is 0. The van der Waals surface area contributed by atoms with Crippen molar-refractivity contribution in [3.63, 3.8) is 0 Å². The van der Waals surface area contributed by atoms with Crippen LogP contribution in [0.15, 0.2) is 60.8 Å². The first-order chi connectivity index (χ1) is 12.6. The van der Waals surface area contributed by atoms with Crippen molar-refractivity contribution in [2.45, 2.75) is 65.2 Å². The van der Waals surface area contributed by atoms with Gasteiger partial charge in [-0.3, -0.25) is 4.79 Å². The van der Waals surface area contributed by atoms with E-state index in [2.05, 4.69) is 61.6 Å². The van der Waals surface area contributed by atoms with Gasteiger partial charge in [0.2, 0.25) is 0 Å². The second kappa shape index (κ2) is 18.1. The highest BCUT2D eigenvalue weighted by Crippen LogP contribution is 2.12. The number of carboxylic acid groups (broad SMARTS) is 1. The van der Waals surface area contributed by atoms with Crippen molar-refractivity contribution in [1.82, 2.24) is 0 Å². The van der Waals surface area contributed by atoms with E-state index in [1.807, 2.05) is 6.08 Å². The van der Waals surface area contributed by atoms with E-state index in [4.69, 9.17) is 17.3 Å². The van der Waals surface area contributed by atoms with Crippen molar-refractivity contribution in [1.29, 1.82) is 0 Å². The Morgan fingerprint density at radius 1 is 0.846 bits per heavy atom. The normalized spacial score (nSPS) is 13.8. The second-order valence-electron chi connectivity index (χ2n) is 6.23. The minimum Gasteiger partial charge on any atom is -0.481 e. The summed E-state index contributed by atoms with van der Waals surface area (Å²) >= 11 is 5.00. The molecule has 3 heteroatoms. The lowest BCUT2D eigenvalue weighted by atomic mass is 9.99. The van der Waals surface area contributed by atoms with Crippen LogP contribution in [0.5, 0.6) is 0 Å². The van der Waals surface area contributed by atoms with E-state index in [0.29, 0.717) is 12.8 Å². The SMILES string of the molecule is CCC=CCC=CCC=CCC=CCCC=CCC(CC(C)=S)C(=O)O. The van der Waals surface area contributed by atoms with Gasteiger partial charge < -0.3 is 5.11 Å². The van der Waals surface area contributed by atoms with Gasteiger partial charge in [-0.2, -0.15) is 0 Å². The lowest BCUT2D eigenvalue weighted by molar-refractivity contribution is -0.141. The first-order valence-electron chi connectivity index (χ1n) is 9.55. The molecule has 0 heterocycles. The van der Waals surface area contributed by atoms with E-state index in [1.54, 1.807) is 6.92 Å². The Morgan fingerprint density at radius 3 is 1.77 bits per heavy atom. The fourth-order valence-corrected chi connectivity index (χ4v) is 2.49. The maximum atomic E-state index is 11.1. The maximum Gasteiger partial charge on any atom is 0.307 e. The first kappa shape index (κ1) is 24.3. The first-order valence-corrected chi connectivity index (χ1v) is 9.96. The second-order valence-corrected chi connectivity index (χ2v) is 6.92. The highest BCUT2D eigenvalue weighted by Gasteiger charge is 2.15. The molecule has 0 aliphatic carbocycles. The lowest BCUT2D eigenvalue weighted by Crippen LogP contribution is -2.15. The summed E-state index contributed by atoms with van der Waals surface area (Å²) in [6.45, 7) is 3.95.